The van der Waals surface area contributed by atoms with Crippen molar-refractivity contribution in [3.8, 4) is 17.2 Å². The molecule has 0 spiro atoms. The van der Waals surface area contributed by atoms with Crippen LogP contribution in [0.1, 0.15) is 22.9 Å². The van der Waals surface area contributed by atoms with Crippen LogP contribution in [0.15, 0.2) is 85.5 Å². The van der Waals surface area contributed by atoms with Gasteiger partial charge in [-0.05, 0) is 57.2 Å². The summed E-state index contributed by atoms with van der Waals surface area (Å²) < 4.78 is 27.9. The van der Waals surface area contributed by atoms with Crippen LogP contribution in [0.25, 0.3) is 11.2 Å². The number of nitrogens with zero attached hydrogens (tertiary/aromatic N) is 4. The second-order valence-corrected chi connectivity index (χ2v) is 10.3. The Balaban J connectivity index is 1.39. The Kier molecular flexibility index (Phi) is 7.28. The maximum atomic E-state index is 6.66. The summed E-state index contributed by atoms with van der Waals surface area (Å²) in [6.45, 7) is 6.36. The Hall–Kier alpha value is -4.14. The van der Waals surface area contributed by atoms with Crippen molar-refractivity contribution in [1.29, 1.82) is 0 Å². The predicted molar refractivity (Wildman–Crippen MR) is 152 cm³/mol. The molecule has 1 aliphatic heterocycles. The van der Waals surface area contributed by atoms with Gasteiger partial charge in [0, 0.05) is 0 Å². The van der Waals surface area contributed by atoms with Crippen molar-refractivity contribution < 1.29 is 18.9 Å². The molecular weight excluding hydrogens is 528 g/mol. The van der Waals surface area contributed by atoms with E-state index in [4.69, 9.17) is 30.5 Å². The Morgan fingerprint density at radius 3 is 1.88 bits per heavy atom. The van der Waals surface area contributed by atoms with Crippen LogP contribution in [0.3, 0.4) is 0 Å². The molecule has 2 aromatic heterocycles. The zero-order chi connectivity index (χ0) is 27.6. The minimum atomic E-state index is -0.640. The average Bonchev–Trinajstić information content (AvgIpc) is 3.53. The normalized spacial score (nSPS) is 20.5. The van der Waals surface area contributed by atoms with Gasteiger partial charge in [-0.15, -0.1) is 0 Å². The van der Waals surface area contributed by atoms with E-state index in [2.05, 4.69) is 15.0 Å². The first-order valence-corrected chi connectivity index (χ1v) is 13.5. The lowest BCUT2D eigenvalue weighted by atomic mass is 10.1. The minimum Gasteiger partial charge on any atom is -0.491 e. The molecule has 1 fully saturated rings. The second-order valence-electron chi connectivity index (χ2n) is 9.97. The Labute approximate surface area is 237 Å². The van der Waals surface area contributed by atoms with E-state index >= 15 is 0 Å². The maximum Gasteiger partial charge on any atom is 0.183 e. The maximum absolute atomic E-state index is 6.66. The first-order chi connectivity index (χ1) is 19.4. The molecule has 0 unspecified atom stereocenters. The molecule has 0 amide bonds. The summed E-state index contributed by atoms with van der Waals surface area (Å²) in [7, 11) is 0. The molecule has 4 atom stereocenters. The molecule has 0 N–H and O–H groups in total. The number of fused-ring (bicyclic) bond motifs is 1. The molecule has 0 radical (unpaired) electrons. The zero-order valence-corrected chi connectivity index (χ0v) is 23.2. The number of hydrogen-bond donors (Lipinski definition) is 0. The highest BCUT2D eigenvalue weighted by Gasteiger charge is 2.50. The number of imidazole rings is 1. The molecule has 0 saturated carbocycles. The number of halogens is 1. The van der Waals surface area contributed by atoms with Crippen molar-refractivity contribution in [2.24, 2.45) is 0 Å². The van der Waals surface area contributed by atoms with Gasteiger partial charge in [-0.2, -0.15) is 0 Å². The lowest BCUT2D eigenvalue weighted by molar-refractivity contribution is -0.0434. The monoisotopic (exact) mass is 556 g/mol. The van der Waals surface area contributed by atoms with Gasteiger partial charge in [-0.25, -0.2) is 15.0 Å². The minimum absolute atomic E-state index is 0.242. The summed E-state index contributed by atoms with van der Waals surface area (Å²) in [5.74, 6) is 2.15. The summed E-state index contributed by atoms with van der Waals surface area (Å²) in [4.78, 5) is 13.0. The highest BCUT2D eigenvalue weighted by Crippen LogP contribution is 2.37. The molecule has 204 valence electrons. The summed E-state index contributed by atoms with van der Waals surface area (Å²) in [5.41, 5.74) is 4.45. The number of rotatable bonds is 8. The van der Waals surface area contributed by atoms with Gasteiger partial charge in [0.15, 0.2) is 29.2 Å². The van der Waals surface area contributed by atoms with Crippen molar-refractivity contribution in [2.75, 3.05) is 6.61 Å². The van der Waals surface area contributed by atoms with Crippen molar-refractivity contribution in [2.45, 2.75) is 45.3 Å². The van der Waals surface area contributed by atoms with Crippen LogP contribution in [0.4, 0.5) is 0 Å². The van der Waals surface area contributed by atoms with Gasteiger partial charge in [0.1, 0.15) is 41.8 Å². The standard InChI is InChI=1S/C31H29ClN4O4/c1-19-4-10-22(11-5-19)37-16-25-27(38-23-12-6-20(2)7-13-23)28(39-24-14-8-21(3)9-15-24)31(40-25)36-18-35-26-29(32)33-17-34-30(26)36/h4-15,17-18,25,27-28,31H,16H2,1-3H3/t25-,27-,28-,31-/m1/s1. The van der Waals surface area contributed by atoms with E-state index in [0.29, 0.717) is 22.7 Å². The van der Waals surface area contributed by atoms with Crippen LogP contribution in [-0.2, 0) is 4.74 Å². The summed E-state index contributed by atoms with van der Waals surface area (Å²) in [6.07, 6.45) is 0.813. The molecule has 3 aromatic carbocycles. The van der Waals surface area contributed by atoms with E-state index < -0.39 is 24.5 Å². The van der Waals surface area contributed by atoms with Crippen LogP contribution in [0.2, 0.25) is 5.15 Å². The van der Waals surface area contributed by atoms with Crippen molar-refractivity contribution in [3.63, 3.8) is 0 Å². The van der Waals surface area contributed by atoms with Gasteiger partial charge >= 0.3 is 0 Å². The topological polar surface area (TPSA) is 80.5 Å². The van der Waals surface area contributed by atoms with Crippen molar-refractivity contribution in [3.05, 3.63) is 107 Å². The molecule has 0 bridgehead atoms. The van der Waals surface area contributed by atoms with E-state index in [9.17, 15) is 0 Å². The number of aryl methyl sites for hydroxylation is 3. The first kappa shape index (κ1) is 26.1. The molecule has 1 saturated heterocycles. The molecule has 6 rings (SSSR count). The molecule has 1 aliphatic rings. The van der Waals surface area contributed by atoms with E-state index in [-0.39, 0.29) is 11.8 Å². The summed E-state index contributed by atoms with van der Waals surface area (Å²) in [6, 6.07) is 23.7. The third kappa shape index (κ3) is 5.46. The Morgan fingerprint density at radius 2 is 1.27 bits per heavy atom. The van der Waals surface area contributed by atoms with Gasteiger partial charge in [-0.1, -0.05) is 64.7 Å². The van der Waals surface area contributed by atoms with Gasteiger partial charge in [-0.3, -0.25) is 4.57 Å². The van der Waals surface area contributed by atoms with E-state index in [1.807, 2.05) is 98.1 Å². The van der Waals surface area contributed by atoms with E-state index in [0.717, 1.165) is 22.4 Å². The van der Waals surface area contributed by atoms with Crippen molar-refractivity contribution >= 4 is 22.8 Å². The van der Waals surface area contributed by atoms with Crippen LogP contribution >= 0.6 is 11.6 Å². The summed E-state index contributed by atoms with van der Waals surface area (Å²) >= 11 is 6.32. The zero-order valence-electron chi connectivity index (χ0n) is 22.4. The smallest absolute Gasteiger partial charge is 0.183 e. The molecule has 8 nitrogen and oxygen atoms in total. The van der Waals surface area contributed by atoms with Crippen molar-refractivity contribution in [1.82, 2.24) is 19.5 Å². The molecular formula is C31H29ClN4O4. The van der Waals surface area contributed by atoms with E-state index in [1.54, 1.807) is 6.33 Å². The number of hydrogen-bond acceptors (Lipinski definition) is 7. The fourth-order valence-corrected chi connectivity index (χ4v) is 4.88. The molecule has 9 heteroatoms. The van der Waals surface area contributed by atoms with Crippen LogP contribution in [0, 0.1) is 20.8 Å². The molecule has 5 aromatic rings. The second kappa shape index (κ2) is 11.2. The van der Waals surface area contributed by atoms with Crippen LogP contribution in [0.5, 0.6) is 17.2 Å². The fraction of sp³-hybridized carbons (Fsp3) is 0.258. The Morgan fingerprint density at radius 1 is 0.725 bits per heavy atom. The largest absolute Gasteiger partial charge is 0.491 e. The fourth-order valence-electron chi connectivity index (χ4n) is 4.70. The lowest BCUT2D eigenvalue weighted by Gasteiger charge is -2.26. The predicted octanol–water partition coefficient (Wildman–Crippen LogP) is 6.28. The summed E-state index contributed by atoms with van der Waals surface area (Å²) in [5, 5.41) is 0.268. The molecule has 3 heterocycles. The third-order valence-electron chi connectivity index (χ3n) is 6.90. The lowest BCUT2D eigenvalue weighted by Crippen LogP contribution is -2.42. The van der Waals surface area contributed by atoms with Gasteiger partial charge < -0.3 is 18.9 Å². The quantitative estimate of drug-likeness (QED) is 0.208. The van der Waals surface area contributed by atoms with Crippen LogP contribution in [-0.4, -0.2) is 44.4 Å². The van der Waals surface area contributed by atoms with Gasteiger partial charge in [0.25, 0.3) is 0 Å². The number of benzene rings is 3. The number of ether oxygens (including phenoxy) is 4. The van der Waals surface area contributed by atoms with E-state index in [1.165, 1.54) is 6.33 Å². The highest BCUT2D eigenvalue weighted by molar-refractivity contribution is 6.33. The van der Waals surface area contributed by atoms with Gasteiger partial charge in [0.05, 0.1) is 6.33 Å². The average molecular weight is 557 g/mol. The van der Waals surface area contributed by atoms with Crippen LogP contribution < -0.4 is 14.2 Å². The Bertz CT molecular complexity index is 1590. The third-order valence-corrected chi connectivity index (χ3v) is 7.17. The first-order valence-electron chi connectivity index (χ1n) is 13.1. The van der Waals surface area contributed by atoms with Gasteiger partial charge in [0.2, 0.25) is 0 Å². The SMILES string of the molecule is Cc1ccc(OC[C@H]2O[C@@H](n3cnc4c(Cl)ncnc43)[C@H](Oc3ccc(C)cc3)[C@@H]2Oc2ccc(C)cc2)cc1. The highest BCUT2D eigenvalue weighted by atomic mass is 35.5. The molecule has 0 aliphatic carbocycles. The number of aromatic nitrogens is 4. The molecule has 40 heavy (non-hydrogen) atoms.